The summed E-state index contributed by atoms with van der Waals surface area (Å²) in [6, 6.07) is 20.4. The molecule has 3 unspecified atom stereocenters. The Morgan fingerprint density at radius 2 is 1.96 bits per heavy atom. The van der Waals surface area contributed by atoms with Gasteiger partial charge in [0, 0.05) is 32.6 Å². The quantitative estimate of drug-likeness (QED) is 0.531. The third-order valence-corrected chi connectivity index (χ3v) is 6.81. The van der Waals surface area contributed by atoms with E-state index >= 15 is 0 Å². The highest BCUT2D eigenvalue weighted by Gasteiger charge is 2.38. The molecule has 1 aliphatic heterocycles. The smallest absolute Gasteiger partial charge is 0.255 e. The van der Waals surface area contributed by atoms with E-state index < -0.39 is 0 Å². The topological polar surface area (TPSA) is 41.1 Å². The van der Waals surface area contributed by atoms with Crippen molar-refractivity contribution < 1.29 is 4.79 Å². The van der Waals surface area contributed by atoms with Crippen LogP contribution in [0.1, 0.15) is 44.1 Å². The van der Waals surface area contributed by atoms with E-state index in [-0.39, 0.29) is 5.91 Å². The lowest BCUT2D eigenvalue weighted by atomic mass is 9.79. The fourth-order valence-electron chi connectivity index (χ4n) is 4.37. The second-order valence-corrected chi connectivity index (χ2v) is 8.87. The number of aryl methyl sites for hydroxylation is 1. The molecule has 0 radical (unpaired) electrons. The van der Waals surface area contributed by atoms with Gasteiger partial charge < -0.3 is 10.6 Å². The second kappa shape index (κ2) is 6.95. The summed E-state index contributed by atoms with van der Waals surface area (Å²) in [6.45, 7) is 2.16. The fourth-order valence-corrected chi connectivity index (χ4v) is 5.37. The zero-order valence-electron chi connectivity index (χ0n) is 15.7. The molecule has 1 aliphatic carbocycles. The van der Waals surface area contributed by atoms with Gasteiger partial charge in [0.15, 0.2) is 0 Å². The van der Waals surface area contributed by atoms with Crippen LogP contribution in [0.5, 0.6) is 0 Å². The Labute approximate surface area is 169 Å². The van der Waals surface area contributed by atoms with Gasteiger partial charge in [0.1, 0.15) is 0 Å². The summed E-state index contributed by atoms with van der Waals surface area (Å²) in [4.78, 5) is 15.3. The molecule has 28 heavy (non-hydrogen) atoms. The maximum Gasteiger partial charge on any atom is 0.255 e. The molecule has 0 fully saturated rings. The first kappa shape index (κ1) is 17.3. The van der Waals surface area contributed by atoms with Crippen LogP contribution in [0.15, 0.2) is 72.8 Å². The number of allylic oxidation sites excluding steroid dienone is 2. The third-order valence-electron chi connectivity index (χ3n) is 5.72. The molecule has 3 nitrogen and oxygen atoms in total. The van der Waals surface area contributed by atoms with Gasteiger partial charge in [0.25, 0.3) is 5.91 Å². The number of benzene rings is 2. The first-order valence-electron chi connectivity index (χ1n) is 9.69. The Kier molecular flexibility index (Phi) is 4.29. The maximum atomic E-state index is 12.5. The van der Waals surface area contributed by atoms with Gasteiger partial charge in [-0.05, 0) is 67.3 Å². The number of carbonyl (C=O) groups is 1. The van der Waals surface area contributed by atoms with E-state index in [1.54, 1.807) is 0 Å². The van der Waals surface area contributed by atoms with E-state index in [0.29, 0.717) is 23.4 Å². The molecule has 1 amide bonds. The lowest BCUT2D eigenvalue weighted by Crippen LogP contribution is -2.28. The minimum absolute atomic E-state index is 0.0743. The predicted octanol–water partition coefficient (Wildman–Crippen LogP) is 6.14. The van der Waals surface area contributed by atoms with E-state index in [0.717, 1.165) is 12.1 Å². The summed E-state index contributed by atoms with van der Waals surface area (Å²) in [5.74, 6) is 0.831. The number of anilines is 2. The molecule has 2 N–H and O–H groups in total. The van der Waals surface area contributed by atoms with Crippen molar-refractivity contribution in [2.45, 2.75) is 25.3 Å². The number of rotatable bonds is 3. The van der Waals surface area contributed by atoms with Crippen molar-refractivity contribution in [1.29, 1.82) is 0 Å². The normalized spacial score (nSPS) is 22.2. The summed E-state index contributed by atoms with van der Waals surface area (Å²) >= 11 is 1.88. The van der Waals surface area contributed by atoms with Gasteiger partial charge in [-0.15, -0.1) is 11.3 Å². The minimum Gasteiger partial charge on any atom is -0.377 e. The van der Waals surface area contributed by atoms with E-state index in [1.807, 2.05) is 47.7 Å². The molecular weight excluding hydrogens is 364 g/mol. The van der Waals surface area contributed by atoms with Crippen molar-refractivity contribution in [2.75, 3.05) is 10.6 Å². The predicted molar refractivity (Wildman–Crippen MR) is 116 cm³/mol. The Balaban J connectivity index is 1.44. The SMILES string of the molecule is Cc1ccc(C2Nc3ccc(NC(=O)c4ccccc4)cc3C3C=CCC32)s1. The number of hydrogen-bond acceptors (Lipinski definition) is 3. The molecule has 1 aromatic heterocycles. The van der Waals surface area contributed by atoms with Gasteiger partial charge >= 0.3 is 0 Å². The van der Waals surface area contributed by atoms with Crippen LogP contribution >= 0.6 is 11.3 Å². The zero-order valence-corrected chi connectivity index (χ0v) is 16.5. The molecule has 0 saturated carbocycles. The molecule has 2 aliphatic rings. The summed E-state index contributed by atoms with van der Waals surface area (Å²) < 4.78 is 0. The Bertz CT molecular complexity index is 1050. The summed E-state index contributed by atoms with van der Waals surface area (Å²) in [5.41, 5.74) is 3.96. The van der Waals surface area contributed by atoms with Crippen LogP contribution in [-0.2, 0) is 0 Å². The summed E-state index contributed by atoms with van der Waals surface area (Å²) in [6.07, 6.45) is 5.72. The van der Waals surface area contributed by atoms with Crippen molar-refractivity contribution >= 4 is 28.6 Å². The molecule has 140 valence electrons. The lowest BCUT2D eigenvalue weighted by molar-refractivity contribution is 0.102. The molecule has 0 bridgehead atoms. The third kappa shape index (κ3) is 3.04. The van der Waals surface area contributed by atoms with Crippen molar-refractivity contribution in [3.05, 3.63) is 93.7 Å². The average Bonchev–Trinajstić information content (AvgIpc) is 3.37. The Hall–Kier alpha value is -2.85. The number of carbonyl (C=O) groups excluding carboxylic acids is 1. The molecule has 2 heterocycles. The van der Waals surface area contributed by atoms with Gasteiger partial charge in [-0.1, -0.05) is 30.4 Å². The van der Waals surface area contributed by atoms with Crippen molar-refractivity contribution in [1.82, 2.24) is 0 Å². The first-order valence-corrected chi connectivity index (χ1v) is 10.5. The standard InChI is InChI=1S/C24H22N2OS/c1-15-10-13-22(28-15)23-19-9-5-8-18(19)20-14-17(11-12-21(20)26-23)25-24(27)16-6-3-2-4-7-16/h2-8,10-14,18-19,23,26H,9H2,1H3,(H,25,27). The largest absolute Gasteiger partial charge is 0.377 e. The number of hydrogen-bond donors (Lipinski definition) is 2. The van der Waals surface area contributed by atoms with Crippen molar-refractivity contribution in [3.8, 4) is 0 Å². The average molecular weight is 387 g/mol. The van der Waals surface area contributed by atoms with E-state index in [1.165, 1.54) is 21.0 Å². The monoisotopic (exact) mass is 386 g/mol. The van der Waals surface area contributed by atoms with Crippen LogP contribution in [0, 0.1) is 12.8 Å². The van der Waals surface area contributed by atoms with Crippen LogP contribution in [-0.4, -0.2) is 5.91 Å². The van der Waals surface area contributed by atoms with Crippen LogP contribution < -0.4 is 10.6 Å². The number of amides is 1. The summed E-state index contributed by atoms with van der Waals surface area (Å²) in [5, 5.41) is 6.81. The molecule has 2 aromatic carbocycles. The molecule has 4 heteroatoms. The highest BCUT2D eigenvalue weighted by atomic mass is 32.1. The van der Waals surface area contributed by atoms with E-state index in [4.69, 9.17) is 0 Å². The summed E-state index contributed by atoms with van der Waals surface area (Å²) in [7, 11) is 0. The molecule has 0 spiro atoms. The van der Waals surface area contributed by atoms with Crippen LogP contribution in [0.25, 0.3) is 0 Å². The molecule has 5 rings (SSSR count). The number of thiophene rings is 1. The number of fused-ring (bicyclic) bond motifs is 3. The molecule has 3 atom stereocenters. The van der Waals surface area contributed by atoms with Crippen LogP contribution in [0.2, 0.25) is 0 Å². The van der Waals surface area contributed by atoms with Crippen LogP contribution in [0.3, 0.4) is 0 Å². The molecule has 0 saturated heterocycles. The maximum absolute atomic E-state index is 12.5. The second-order valence-electron chi connectivity index (χ2n) is 7.55. The fraction of sp³-hybridized carbons (Fsp3) is 0.208. The minimum atomic E-state index is -0.0743. The van der Waals surface area contributed by atoms with Gasteiger partial charge in [-0.25, -0.2) is 0 Å². The van der Waals surface area contributed by atoms with Gasteiger partial charge in [0.05, 0.1) is 6.04 Å². The molecular formula is C24H22N2OS. The Morgan fingerprint density at radius 1 is 1.11 bits per heavy atom. The lowest BCUT2D eigenvalue weighted by Gasteiger charge is -2.37. The van der Waals surface area contributed by atoms with Gasteiger partial charge in [0.2, 0.25) is 0 Å². The van der Waals surface area contributed by atoms with Gasteiger partial charge in [-0.3, -0.25) is 4.79 Å². The first-order chi connectivity index (χ1) is 13.7. The van der Waals surface area contributed by atoms with E-state index in [2.05, 4.69) is 54.0 Å². The molecule has 3 aromatic rings. The van der Waals surface area contributed by atoms with Crippen molar-refractivity contribution in [3.63, 3.8) is 0 Å². The Morgan fingerprint density at radius 3 is 2.75 bits per heavy atom. The highest BCUT2D eigenvalue weighted by Crippen LogP contribution is 2.51. The van der Waals surface area contributed by atoms with E-state index in [9.17, 15) is 4.79 Å². The van der Waals surface area contributed by atoms with Gasteiger partial charge in [-0.2, -0.15) is 0 Å². The zero-order chi connectivity index (χ0) is 19.1. The van der Waals surface area contributed by atoms with Crippen LogP contribution in [0.4, 0.5) is 11.4 Å². The number of nitrogens with one attached hydrogen (secondary N) is 2. The van der Waals surface area contributed by atoms with Crippen molar-refractivity contribution in [2.24, 2.45) is 5.92 Å². The highest BCUT2D eigenvalue weighted by molar-refractivity contribution is 7.12.